The number of hydrogen-bond acceptors (Lipinski definition) is 1. The number of rotatable bonds is 2. The highest BCUT2D eigenvalue weighted by molar-refractivity contribution is 6.13. The van der Waals surface area contributed by atoms with Gasteiger partial charge in [0.1, 0.15) is 0 Å². The number of allylic oxidation sites excluding steroid dienone is 3. The fourth-order valence-electron chi connectivity index (χ4n) is 0.630. The molecule has 0 atom stereocenters. The Morgan fingerprint density at radius 2 is 2.62 bits per heavy atom. The zero-order valence-electron chi connectivity index (χ0n) is 4.42. The maximum Gasteiger partial charge on any atom is 0.380 e. The molecule has 0 spiro atoms. The van der Waals surface area contributed by atoms with Crippen molar-refractivity contribution in [3.8, 4) is 0 Å². The predicted octanol–water partition coefficient (Wildman–Crippen LogP) is 0.117. The first kappa shape index (κ1) is 5.43. The van der Waals surface area contributed by atoms with Crippen molar-refractivity contribution in [2.24, 2.45) is 0 Å². The summed E-state index contributed by atoms with van der Waals surface area (Å²) in [6.07, 6.45) is 6.83. The van der Waals surface area contributed by atoms with Crippen LogP contribution in [0.4, 0.5) is 0 Å². The first-order chi connectivity index (χ1) is 3.93. The summed E-state index contributed by atoms with van der Waals surface area (Å²) in [5, 5.41) is 0. The van der Waals surface area contributed by atoms with E-state index in [1.54, 1.807) is 0 Å². The summed E-state index contributed by atoms with van der Waals surface area (Å²) in [5.41, 5.74) is 1.06. The lowest BCUT2D eigenvalue weighted by Crippen LogP contribution is -2.09. The zero-order valence-corrected chi connectivity index (χ0v) is 5.58. The van der Waals surface area contributed by atoms with Crippen LogP contribution in [0.2, 0.25) is 0 Å². The van der Waals surface area contributed by atoms with Crippen molar-refractivity contribution in [3.63, 3.8) is 0 Å². The standard InChI is InChI=1S/C5H7NOSi/c7-8-6-5-3-1-2-4-5/h1-3,6,8H,4H2. The first-order valence-corrected chi connectivity index (χ1v) is 3.54. The van der Waals surface area contributed by atoms with Crippen molar-refractivity contribution < 1.29 is 4.46 Å². The molecule has 0 aromatic heterocycles. The van der Waals surface area contributed by atoms with Crippen molar-refractivity contribution in [2.75, 3.05) is 0 Å². The van der Waals surface area contributed by atoms with E-state index in [0.717, 1.165) is 12.1 Å². The molecule has 1 rings (SSSR count). The normalized spacial score (nSPS) is 15.8. The van der Waals surface area contributed by atoms with Crippen molar-refractivity contribution in [1.82, 2.24) is 4.98 Å². The molecular formula is C5H7NOSi. The maximum atomic E-state index is 9.99. The Hall–Kier alpha value is -0.703. The second-order valence-electron chi connectivity index (χ2n) is 1.59. The lowest BCUT2D eigenvalue weighted by atomic mass is 10.4. The van der Waals surface area contributed by atoms with Gasteiger partial charge in [0.15, 0.2) is 0 Å². The fourth-order valence-corrected chi connectivity index (χ4v) is 0.995. The summed E-state index contributed by atoms with van der Waals surface area (Å²) in [6.45, 7) is 0. The minimum atomic E-state index is -0.820. The lowest BCUT2D eigenvalue weighted by Gasteiger charge is -1.93. The maximum absolute atomic E-state index is 9.99. The van der Waals surface area contributed by atoms with Crippen molar-refractivity contribution in [1.29, 1.82) is 0 Å². The van der Waals surface area contributed by atoms with Crippen LogP contribution in [-0.2, 0) is 4.46 Å². The Balaban J connectivity index is 2.39. The Morgan fingerprint density at radius 3 is 3.12 bits per heavy atom. The van der Waals surface area contributed by atoms with Crippen LogP contribution in [0.25, 0.3) is 0 Å². The van der Waals surface area contributed by atoms with E-state index in [4.69, 9.17) is 0 Å². The van der Waals surface area contributed by atoms with Crippen LogP contribution < -0.4 is 4.98 Å². The molecule has 2 nitrogen and oxygen atoms in total. The highest BCUT2D eigenvalue weighted by atomic mass is 28.2. The van der Waals surface area contributed by atoms with Gasteiger partial charge in [-0.2, -0.15) is 0 Å². The molecule has 0 amide bonds. The summed E-state index contributed by atoms with van der Waals surface area (Å²) < 4.78 is 9.99. The topological polar surface area (TPSA) is 29.1 Å². The molecule has 0 fully saturated rings. The molecule has 1 aliphatic carbocycles. The second kappa shape index (κ2) is 2.57. The van der Waals surface area contributed by atoms with Gasteiger partial charge >= 0.3 is 9.57 Å². The van der Waals surface area contributed by atoms with E-state index in [2.05, 4.69) is 4.98 Å². The van der Waals surface area contributed by atoms with Gasteiger partial charge in [-0.3, -0.25) is 0 Å². The smallest absolute Gasteiger partial charge is 0.366 e. The Kier molecular flexibility index (Phi) is 1.74. The van der Waals surface area contributed by atoms with E-state index in [-0.39, 0.29) is 0 Å². The molecule has 1 aliphatic rings. The zero-order chi connectivity index (χ0) is 5.82. The van der Waals surface area contributed by atoms with Gasteiger partial charge in [-0.1, -0.05) is 12.2 Å². The summed E-state index contributed by atoms with van der Waals surface area (Å²) in [4.78, 5) is 2.77. The molecule has 1 N–H and O–H groups in total. The summed E-state index contributed by atoms with van der Waals surface area (Å²) in [7, 11) is -0.820. The van der Waals surface area contributed by atoms with Crippen LogP contribution >= 0.6 is 0 Å². The van der Waals surface area contributed by atoms with Gasteiger partial charge in [-0.05, 0) is 6.08 Å². The molecule has 8 heavy (non-hydrogen) atoms. The molecule has 0 aliphatic heterocycles. The molecule has 0 saturated heterocycles. The van der Waals surface area contributed by atoms with Gasteiger partial charge in [0.05, 0.1) is 0 Å². The number of nitrogens with one attached hydrogen (secondary N) is 1. The third-order valence-corrected chi connectivity index (χ3v) is 1.50. The largest absolute Gasteiger partial charge is 0.380 e. The van der Waals surface area contributed by atoms with Crippen LogP contribution in [0.1, 0.15) is 6.42 Å². The Bertz CT molecular complexity index is 151. The molecule has 0 saturated carbocycles. The van der Waals surface area contributed by atoms with Crippen LogP contribution in [0.3, 0.4) is 0 Å². The van der Waals surface area contributed by atoms with E-state index in [0.29, 0.717) is 0 Å². The van der Waals surface area contributed by atoms with Crippen LogP contribution in [0, 0.1) is 0 Å². The average molecular weight is 125 g/mol. The Labute approximate surface area is 50.2 Å². The van der Waals surface area contributed by atoms with Gasteiger partial charge in [0.25, 0.3) is 0 Å². The number of hydrogen-bond donors (Lipinski definition) is 1. The van der Waals surface area contributed by atoms with Crippen LogP contribution in [-0.4, -0.2) is 9.57 Å². The molecule has 0 unspecified atom stereocenters. The summed E-state index contributed by atoms with van der Waals surface area (Å²) in [6, 6.07) is 0. The monoisotopic (exact) mass is 125 g/mol. The van der Waals surface area contributed by atoms with Crippen molar-refractivity contribution >= 4 is 9.57 Å². The molecule has 0 heterocycles. The fraction of sp³-hybridized carbons (Fsp3) is 0.200. The molecule has 0 aromatic carbocycles. The van der Waals surface area contributed by atoms with Gasteiger partial charge in [0, 0.05) is 12.1 Å². The SMILES string of the molecule is O=[SiH]NC1=CC=CC1. The second-order valence-corrected chi connectivity index (χ2v) is 2.11. The van der Waals surface area contributed by atoms with E-state index in [1.165, 1.54) is 0 Å². The highest BCUT2D eigenvalue weighted by Crippen LogP contribution is 2.04. The molecule has 0 aromatic rings. The molecule has 42 valence electrons. The lowest BCUT2D eigenvalue weighted by molar-refractivity contribution is 0.571. The van der Waals surface area contributed by atoms with Gasteiger partial charge in [-0.25, -0.2) is 0 Å². The van der Waals surface area contributed by atoms with Gasteiger partial charge in [-0.15, -0.1) is 0 Å². The van der Waals surface area contributed by atoms with Crippen molar-refractivity contribution in [3.05, 3.63) is 23.9 Å². The minimum Gasteiger partial charge on any atom is -0.366 e. The van der Waals surface area contributed by atoms with E-state index in [9.17, 15) is 4.46 Å². The average Bonchev–Trinajstić information content (AvgIpc) is 2.19. The van der Waals surface area contributed by atoms with E-state index < -0.39 is 9.57 Å². The van der Waals surface area contributed by atoms with Crippen LogP contribution in [0.15, 0.2) is 23.9 Å². The first-order valence-electron chi connectivity index (χ1n) is 2.49. The van der Waals surface area contributed by atoms with Gasteiger partial charge in [0.2, 0.25) is 0 Å². The van der Waals surface area contributed by atoms with Crippen molar-refractivity contribution in [2.45, 2.75) is 6.42 Å². The third-order valence-electron chi connectivity index (χ3n) is 1.02. The third kappa shape index (κ3) is 1.13. The minimum absolute atomic E-state index is 0.820. The van der Waals surface area contributed by atoms with E-state index in [1.807, 2.05) is 18.2 Å². The highest BCUT2D eigenvalue weighted by Gasteiger charge is 1.93. The molecule has 0 bridgehead atoms. The Morgan fingerprint density at radius 1 is 1.75 bits per heavy atom. The quantitative estimate of drug-likeness (QED) is 0.531. The molecule has 0 radical (unpaired) electrons. The van der Waals surface area contributed by atoms with Gasteiger partial charge < -0.3 is 9.44 Å². The predicted molar refractivity (Wildman–Crippen MR) is 32.8 cm³/mol. The van der Waals surface area contributed by atoms with Crippen LogP contribution in [0.5, 0.6) is 0 Å². The summed E-state index contributed by atoms with van der Waals surface area (Å²) >= 11 is 0. The molecule has 3 heteroatoms. The molecular weight excluding hydrogens is 118 g/mol. The summed E-state index contributed by atoms with van der Waals surface area (Å²) in [5.74, 6) is 0. The van der Waals surface area contributed by atoms with E-state index >= 15 is 0 Å².